The van der Waals surface area contributed by atoms with Gasteiger partial charge in [-0.05, 0) is 37.4 Å². The highest BCUT2D eigenvalue weighted by atomic mass is 32.2. The molecule has 0 saturated carbocycles. The molecule has 0 aliphatic rings. The highest BCUT2D eigenvalue weighted by molar-refractivity contribution is 7.99. The third-order valence-corrected chi connectivity index (χ3v) is 9.42. The fourth-order valence-corrected chi connectivity index (χ4v) is 6.24. The van der Waals surface area contributed by atoms with Crippen molar-refractivity contribution in [3.05, 3.63) is 0 Å². The van der Waals surface area contributed by atoms with E-state index in [0.29, 0.717) is 18.3 Å². The summed E-state index contributed by atoms with van der Waals surface area (Å²) in [5.74, 6) is 0.180. The lowest BCUT2D eigenvalue weighted by Crippen LogP contribution is -2.39. The Morgan fingerprint density at radius 3 is 1.80 bits per heavy atom. The smallest absolute Gasteiger partial charge is 0.458 e. The molecule has 0 heterocycles. The van der Waals surface area contributed by atoms with Gasteiger partial charge in [-0.25, -0.2) is 4.79 Å². The molecule has 4 unspecified atom stereocenters. The van der Waals surface area contributed by atoms with Crippen molar-refractivity contribution in [2.75, 3.05) is 25.6 Å². The average Bonchev–Trinajstić information content (AvgIpc) is 2.94. The van der Waals surface area contributed by atoms with Crippen LogP contribution >= 0.6 is 20.2 Å². The maximum atomic E-state index is 12.2. The molecule has 0 aromatic rings. The minimum atomic E-state index is -2.41. The Morgan fingerprint density at radius 1 is 0.780 bits per heavy atom. The van der Waals surface area contributed by atoms with Crippen molar-refractivity contribution in [1.82, 2.24) is 0 Å². The highest BCUT2D eigenvalue weighted by Crippen LogP contribution is 2.27. The SMILES string of the molecule is CCCCCCCCCCCCSC(CCCCCCCC)C(C)OCCCOC(O)([PH+]=O)C(=O)OCC(C)(C)C. The molecule has 0 spiro atoms. The standard InChI is InChI=1S/C33H65O6PS/c1-7-9-11-13-15-16-17-18-20-22-27-41-30(24-21-19-14-12-10-8-2)29(3)37-25-23-26-39-33(35,40-36)31(34)38-28-32(4,5)6/h29-30,35H,7-28H2,1-6H3/p+1. The summed E-state index contributed by atoms with van der Waals surface area (Å²) >= 11 is 2.06. The number of carbonyl (C=O) groups excluding carboxylic acids is 1. The van der Waals surface area contributed by atoms with E-state index in [2.05, 4.69) is 32.5 Å². The lowest BCUT2D eigenvalue weighted by molar-refractivity contribution is -0.198. The van der Waals surface area contributed by atoms with Gasteiger partial charge in [0, 0.05) is 11.9 Å². The summed E-state index contributed by atoms with van der Waals surface area (Å²) in [5, 5.41) is 10.8. The quantitative estimate of drug-likeness (QED) is 0.0385. The Kier molecular flexibility index (Phi) is 26.1. The Morgan fingerprint density at radius 2 is 1.29 bits per heavy atom. The van der Waals surface area contributed by atoms with Gasteiger partial charge in [0.25, 0.3) is 0 Å². The van der Waals surface area contributed by atoms with Crippen molar-refractivity contribution in [3.63, 3.8) is 0 Å². The third kappa shape index (κ3) is 23.9. The van der Waals surface area contributed by atoms with E-state index in [1.165, 1.54) is 115 Å². The van der Waals surface area contributed by atoms with Gasteiger partial charge in [0.1, 0.15) is 0 Å². The van der Waals surface area contributed by atoms with Gasteiger partial charge >= 0.3 is 20.0 Å². The van der Waals surface area contributed by atoms with E-state index in [-0.39, 0.29) is 24.7 Å². The number of carbonyl (C=O) groups is 1. The number of unbranched alkanes of at least 4 members (excludes halogenated alkanes) is 14. The zero-order chi connectivity index (χ0) is 30.8. The monoisotopic (exact) mass is 621 g/mol. The van der Waals surface area contributed by atoms with E-state index in [9.17, 15) is 14.5 Å². The van der Waals surface area contributed by atoms with Crippen molar-refractivity contribution >= 4 is 26.2 Å². The molecule has 0 radical (unpaired) electrons. The number of rotatable bonds is 29. The van der Waals surface area contributed by atoms with Gasteiger partial charge in [0.2, 0.25) is 0 Å². The zero-order valence-electron chi connectivity index (χ0n) is 27.6. The molecule has 6 nitrogen and oxygen atoms in total. The van der Waals surface area contributed by atoms with Gasteiger partial charge < -0.3 is 19.3 Å². The Hall–Kier alpha value is -0.200. The van der Waals surface area contributed by atoms with Crippen LogP contribution in [0.15, 0.2) is 0 Å². The van der Waals surface area contributed by atoms with Gasteiger partial charge in [-0.1, -0.05) is 135 Å². The van der Waals surface area contributed by atoms with E-state index < -0.39 is 20.0 Å². The normalized spacial score (nSPS) is 15.1. The van der Waals surface area contributed by atoms with Gasteiger partial charge in [-0.2, -0.15) is 11.8 Å². The second kappa shape index (κ2) is 26.2. The minimum absolute atomic E-state index is 0.0664. The molecule has 0 rings (SSSR count). The number of ether oxygens (including phenoxy) is 3. The fourth-order valence-electron chi connectivity index (χ4n) is 4.57. The van der Waals surface area contributed by atoms with Crippen LogP contribution in [0.4, 0.5) is 0 Å². The summed E-state index contributed by atoms with van der Waals surface area (Å²) < 4.78 is 28.1. The molecule has 0 aliphatic heterocycles. The molecule has 0 amide bonds. The first-order valence-corrected chi connectivity index (χ1v) is 18.7. The Balaban J connectivity index is 4.41. The first kappa shape index (κ1) is 40.8. The summed E-state index contributed by atoms with van der Waals surface area (Å²) in [6.45, 7) is 13.1. The Labute approximate surface area is 259 Å². The van der Waals surface area contributed by atoms with Crippen LogP contribution in [0.25, 0.3) is 0 Å². The molecule has 244 valence electrons. The van der Waals surface area contributed by atoms with Gasteiger partial charge in [0.05, 0.1) is 19.3 Å². The maximum absolute atomic E-state index is 12.2. The number of aliphatic hydroxyl groups is 1. The molecule has 0 saturated heterocycles. The lowest BCUT2D eigenvalue weighted by Gasteiger charge is -2.24. The molecular weight excluding hydrogens is 555 g/mol. The predicted molar refractivity (Wildman–Crippen MR) is 176 cm³/mol. The Bertz CT molecular complexity index is 629. The molecular formula is C33H66O6PS+. The molecule has 1 N–H and O–H groups in total. The second-order valence-corrected chi connectivity index (χ2v) is 15.0. The largest absolute Gasteiger partial charge is 0.470 e. The number of hydrogen-bond donors (Lipinski definition) is 1. The topological polar surface area (TPSA) is 82.1 Å². The lowest BCUT2D eigenvalue weighted by atomic mass is 9.99. The molecule has 0 aromatic carbocycles. The number of esters is 1. The van der Waals surface area contributed by atoms with Crippen molar-refractivity contribution in [2.24, 2.45) is 5.41 Å². The van der Waals surface area contributed by atoms with Crippen LogP contribution in [-0.4, -0.2) is 53.5 Å². The van der Waals surface area contributed by atoms with E-state index in [4.69, 9.17) is 14.2 Å². The molecule has 0 aromatic heterocycles. The predicted octanol–water partition coefficient (Wildman–Crippen LogP) is 9.83. The van der Waals surface area contributed by atoms with E-state index >= 15 is 0 Å². The van der Waals surface area contributed by atoms with Crippen LogP contribution in [0, 0.1) is 5.41 Å². The van der Waals surface area contributed by atoms with Crippen LogP contribution in [0.5, 0.6) is 0 Å². The average molecular weight is 622 g/mol. The first-order chi connectivity index (χ1) is 19.6. The molecule has 0 fully saturated rings. The van der Waals surface area contributed by atoms with Gasteiger partial charge in [-0.15, -0.1) is 0 Å². The highest BCUT2D eigenvalue weighted by Gasteiger charge is 2.49. The maximum Gasteiger partial charge on any atom is 0.470 e. The van der Waals surface area contributed by atoms with Crippen LogP contribution in [0.2, 0.25) is 0 Å². The van der Waals surface area contributed by atoms with Crippen LogP contribution in [0.1, 0.15) is 157 Å². The molecule has 0 bridgehead atoms. The van der Waals surface area contributed by atoms with Gasteiger partial charge in [0.15, 0.2) is 0 Å². The fraction of sp³-hybridized carbons (Fsp3) is 0.970. The van der Waals surface area contributed by atoms with E-state index in [1.54, 1.807) is 0 Å². The van der Waals surface area contributed by atoms with Crippen LogP contribution in [-0.2, 0) is 23.6 Å². The van der Waals surface area contributed by atoms with E-state index in [0.717, 1.165) is 0 Å². The number of hydrogen-bond acceptors (Lipinski definition) is 7. The first-order valence-electron chi connectivity index (χ1n) is 16.8. The third-order valence-electron chi connectivity index (χ3n) is 7.23. The van der Waals surface area contributed by atoms with Crippen LogP contribution < -0.4 is 0 Å². The minimum Gasteiger partial charge on any atom is -0.458 e. The second-order valence-electron chi connectivity index (χ2n) is 12.8. The van der Waals surface area contributed by atoms with Crippen molar-refractivity contribution < 1.29 is 28.7 Å². The van der Waals surface area contributed by atoms with Crippen molar-refractivity contribution in [1.29, 1.82) is 0 Å². The summed E-state index contributed by atoms with van der Waals surface area (Å²) in [7, 11) is -1.36. The summed E-state index contributed by atoms with van der Waals surface area (Å²) in [6.07, 6.45) is 23.2. The van der Waals surface area contributed by atoms with Gasteiger partial charge in [-0.3, -0.25) is 0 Å². The number of thioether (sulfide) groups is 1. The van der Waals surface area contributed by atoms with E-state index in [1.807, 2.05) is 20.8 Å². The molecule has 0 aliphatic carbocycles. The summed E-state index contributed by atoms with van der Waals surface area (Å²) in [6, 6.07) is 0. The molecule has 41 heavy (non-hydrogen) atoms. The molecule has 8 heteroatoms. The van der Waals surface area contributed by atoms with Crippen LogP contribution in [0.3, 0.4) is 0 Å². The zero-order valence-corrected chi connectivity index (χ0v) is 29.4. The summed E-state index contributed by atoms with van der Waals surface area (Å²) in [4.78, 5) is 12.2. The van der Waals surface area contributed by atoms with Crippen molar-refractivity contribution in [3.8, 4) is 0 Å². The molecule has 4 atom stereocenters. The van der Waals surface area contributed by atoms with Crippen molar-refractivity contribution in [2.45, 2.75) is 174 Å². The summed E-state index contributed by atoms with van der Waals surface area (Å²) in [5.41, 5.74) is -2.67.